The first-order valence-electron chi connectivity index (χ1n) is 10.3. The molecule has 1 heterocycles. The summed E-state index contributed by atoms with van der Waals surface area (Å²) in [6.07, 6.45) is 1.83. The first-order valence-corrected chi connectivity index (χ1v) is 8.80. The molecule has 1 aromatic heterocycles. The number of nitrogens with zero attached hydrogens (tertiary/aromatic N) is 1. The van der Waals surface area contributed by atoms with Crippen LogP contribution < -0.4 is 4.74 Å². The van der Waals surface area contributed by atoms with Gasteiger partial charge in [0.25, 0.3) is 6.43 Å². The molecule has 1 aliphatic carbocycles. The minimum atomic E-state index is -2.89. The van der Waals surface area contributed by atoms with E-state index in [1.165, 1.54) is 12.3 Å². The van der Waals surface area contributed by atoms with E-state index in [1.807, 2.05) is 6.92 Å². The third-order valence-corrected chi connectivity index (χ3v) is 5.11. The lowest BCUT2D eigenvalue weighted by Gasteiger charge is -2.33. The Morgan fingerprint density at radius 1 is 1.36 bits per heavy atom. The topological polar surface area (TPSA) is 48.4 Å². The van der Waals surface area contributed by atoms with Gasteiger partial charge in [0.1, 0.15) is 0 Å². The second-order valence-corrected chi connectivity index (χ2v) is 6.40. The first-order chi connectivity index (χ1) is 13.2. The van der Waals surface area contributed by atoms with Gasteiger partial charge in [0.05, 0.1) is 29.2 Å². The molecule has 140 valence electrons. The molecular weight excluding hydrogens is 328 g/mol. The van der Waals surface area contributed by atoms with Gasteiger partial charge in [-0.05, 0) is 62.5 Å². The molecule has 1 saturated carbocycles. The molecule has 2 rings (SSSR count). The Morgan fingerprint density at radius 2 is 2.08 bits per heavy atom. The highest BCUT2D eigenvalue weighted by Gasteiger charge is 2.34. The minimum absolute atomic E-state index is 0.151. The van der Waals surface area contributed by atoms with E-state index in [2.05, 4.69) is 4.98 Å². The van der Waals surface area contributed by atoms with Crippen molar-refractivity contribution in [3.05, 3.63) is 23.4 Å². The number of hydrogen-bond donors (Lipinski definition) is 0. The van der Waals surface area contributed by atoms with Gasteiger partial charge in [0.15, 0.2) is 0 Å². The van der Waals surface area contributed by atoms with Crippen molar-refractivity contribution in [3.8, 4) is 5.88 Å². The molecular formula is C19H27F2NO3. The molecule has 0 amide bonds. The number of aromatic nitrogens is 1. The number of alkyl halides is 2. The normalized spacial score (nSPS) is 24.1. The Balaban J connectivity index is 2.17. The summed E-state index contributed by atoms with van der Waals surface area (Å²) < 4.78 is 58.8. The van der Waals surface area contributed by atoms with Crippen LogP contribution in [0.3, 0.4) is 0 Å². The summed E-state index contributed by atoms with van der Waals surface area (Å²) in [5.74, 6) is -0.897. The zero-order valence-electron chi connectivity index (χ0n) is 17.6. The maximum Gasteiger partial charge on any atom is 0.309 e. The fourth-order valence-electron chi connectivity index (χ4n) is 3.90. The van der Waals surface area contributed by atoms with Gasteiger partial charge >= 0.3 is 5.97 Å². The Kier molecular flexibility index (Phi) is 5.66. The quantitative estimate of drug-likeness (QED) is 0.651. The van der Waals surface area contributed by atoms with E-state index >= 15 is 0 Å². The molecule has 0 aromatic carbocycles. The van der Waals surface area contributed by atoms with Crippen molar-refractivity contribution in [2.75, 3.05) is 13.6 Å². The van der Waals surface area contributed by atoms with Gasteiger partial charge in [-0.2, -0.15) is 0 Å². The SMILES string of the molecule is [2H]C([2H])([2H])Oc1nccc(C2CCC(C(CC)C(=O)OCC)CC2)c1C(F)F. The van der Waals surface area contributed by atoms with E-state index in [1.54, 1.807) is 6.92 Å². The number of esters is 1. The standard InChI is InChI=1S/C19H27F2NO3/c1-4-14(19(23)25-5-2)12-6-8-13(9-7-12)15-10-11-22-18(24-3)16(15)17(20)21/h10-14,17H,4-9H2,1-3H3/i3D3. The van der Waals surface area contributed by atoms with Crippen LogP contribution in [0.4, 0.5) is 8.78 Å². The van der Waals surface area contributed by atoms with E-state index in [-0.39, 0.29) is 23.7 Å². The smallest absolute Gasteiger partial charge is 0.309 e. The lowest BCUT2D eigenvalue weighted by atomic mass is 9.72. The minimum Gasteiger partial charge on any atom is -0.481 e. The Bertz CT molecular complexity index is 662. The third-order valence-electron chi connectivity index (χ3n) is 5.11. The van der Waals surface area contributed by atoms with Crippen LogP contribution in [0.2, 0.25) is 0 Å². The van der Waals surface area contributed by atoms with E-state index in [0.717, 1.165) is 12.8 Å². The number of ether oxygens (including phenoxy) is 2. The second-order valence-electron chi connectivity index (χ2n) is 6.40. The van der Waals surface area contributed by atoms with Crippen molar-refractivity contribution >= 4 is 5.97 Å². The zero-order valence-corrected chi connectivity index (χ0v) is 14.6. The van der Waals surface area contributed by atoms with Crippen LogP contribution in [0, 0.1) is 11.8 Å². The van der Waals surface area contributed by atoms with Gasteiger partial charge in [-0.3, -0.25) is 4.79 Å². The maximum atomic E-state index is 13.7. The molecule has 1 aliphatic rings. The van der Waals surface area contributed by atoms with Crippen molar-refractivity contribution in [1.82, 2.24) is 4.98 Å². The zero-order chi connectivity index (χ0) is 20.9. The molecule has 25 heavy (non-hydrogen) atoms. The van der Waals surface area contributed by atoms with Gasteiger partial charge in [-0.25, -0.2) is 13.8 Å². The summed E-state index contributed by atoms with van der Waals surface area (Å²) in [6, 6.07) is 1.52. The van der Waals surface area contributed by atoms with Crippen molar-refractivity contribution < 1.29 is 27.2 Å². The van der Waals surface area contributed by atoms with Crippen LogP contribution in [-0.4, -0.2) is 24.6 Å². The summed E-state index contributed by atoms with van der Waals surface area (Å²) in [4.78, 5) is 15.9. The largest absolute Gasteiger partial charge is 0.481 e. The van der Waals surface area contributed by atoms with E-state index in [9.17, 15) is 13.6 Å². The number of rotatable bonds is 7. The van der Waals surface area contributed by atoms with Crippen LogP contribution in [0.5, 0.6) is 5.88 Å². The molecule has 6 heteroatoms. The highest BCUT2D eigenvalue weighted by atomic mass is 19.3. The summed E-state index contributed by atoms with van der Waals surface area (Å²) in [7, 11) is -2.85. The molecule has 4 nitrogen and oxygen atoms in total. The summed E-state index contributed by atoms with van der Waals surface area (Å²) in [5, 5.41) is 0. The first kappa shape index (κ1) is 15.5. The van der Waals surface area contributed by atoms with E-state index < -0.39 is 24.9 Å². The molecule has 1 fully saturated rings. The lowest BCUT2D eigenvalue weighted by molar-refractivity contribution is -0.150. The van der Waals surface area contributed by atoms with Crippen LogP contribution in [0.25, 0.3) is 0 Å². The Hall–Kier alpha value is -1.72. The average molecular weight is 358 g/mol. The Labute approximate surface area is 152 Å². The van der Waals surface area contributed by atoms with Gasteiger partial charge in [0, 0.05) is 6.20 Å². The second kappa shape index (κ2) is 9.11. The maximum absolute atomic E-state index is 13.7. The highest BCUT2D eigenvalue weighted by molar-refractivity contribution is 5.72. The van der Waals surface area contributed by atoms with Gasteiger partial charge < -0.3 is 9.47 Å². The fraction of sp³-hybridized carbons (Fsp3) is 0.684. The number of halogens is 2. The van der Waals surface area contributed by atoms with Crippen LogP contribution in [0.1, 0.15) is 73.5 Å². The predicted octanol–water partition coefficient (Wildman–Crippen LogP) is 4.89. The number of pyridine rings is 1. The Morgan fingerprint density at radius 3 is 2.64 bits per heavy atom. The molecule has 1 unspecified atom stereocenters. The molecule has 1 atom stereocenters. The van der Waals surface area contributed by atoms with Crippen molar-refractivity contribution in [1.29, 1.82) is 0 Å². The molecule has 0 bridgehead atoms. The van der Waals surface area contributed by atoms with E-state index in [0.29, 0.717) is 31.4 Å². The van der Waals surface area contributed by atoms with Gasteiger partial charge in [-0.1, -0.05) is 6.92 Å². The number of carbonyl (C=O) groups is 1. The monoisotopic (exact) mass is 358 g/mol. The van der Waals surface area contributed by atoms with Crippen molar-refractivity contribution in [3.63, 3.8) is 0 Å². The number of carbonyl (C=O) groups excluding carboxylic acids is 1. The number of methoxy groups -OCH3 is 1. The molecule has 0 saturated heterocycles. The van der Waals surface area contributed by atoms with Crippen LogP contribution >= 0.6 is 0 Å². The fourth-order valence-corrected chi connectivity index (χ4v) is 3.90. The molecule has 0 radical (unpaired) electrons. The van der Waals surface area contributed by atoms with Crippen LogP contribution in [0.15, 0.2) is 12.3 Å². The summed E-state index contributed by atoms with van der Waals surface area (Å²) in [5.41, 5.74) is -0.0635. The molecule has 0 N–H and O–H groups in total. The summed E-state index contributed by atoms with van der Waals surface area (Å²) >= 11 is 0. The molecule has 1 aromatic rings. The van der Waals surface area contributed by atoms with Gasteiger partial charge in [0.2, 0.25) is 5.88 Å². The third kappa shape index (κ3) is 4.47. The average Bonchev–Trinajstić information content (AvgIpc) is 2.61. The van der Waals surface area contributed by atoms with Crippen LogP contribution in [-0.2, 0) is 9.53 Å². The molecule has 0 spiro atoms. The number of hydrogen-bond acceptors (Lipinski definition) is 4. The highest BCUT2D eigenvalue weighted by Crippen LogP contribution is 2.44. The summed E-state index contributed by atoms with van der Waals surface area (Å²) in [6.45, 7) is 4.06. The van der Waals surface area contributed by atoms with Crippen molar-refractivity contribution in [2.24, 2.45) is 11.8 Å². The molecule has 0 aliphatic heterocycles. The van der Waals surface area contributed by atoms with Gasteiger partial charge in [-0.15, -0.1) is 0 Å². The van der Waals surface area contributed by atoms with Crippen molar-refractivity contribution in [2.45, 2.75) is 58.3 Å². The predicted molar refractivity (Wildman–Crippen MR) is 90.9 cm³/mol. The lowest BCUT2D eigenvalue weighted by Crippen LogP contribution is -2.28. The van der Waals surface area contributed by atoms with E-state index in [4.69, 9.17) is 13.6 Å².